The minimum Gasteiger partial charge on any atom is -0.350 e. The van der Waals surface area contributed by atoms with E-state index in [2.05, 4.69) is 80.3 Å². The summed E-state index contributed by atoms with van der Waals surface area (Å²) in [6, 6.07) is 7.97. The van der Waals surface area contributed by atoms with Crippen LogP contribution in [0.15, 0.2) is 30.5 Å². The van der Waals surface area contributed by atoms with Gasteiger partial charge in [0.2, 0.25) is 5.95 Å². The number of nitrogens with zero attached hydrogens (tertiary/aromatic N) is 2. The average molecular weight is 354 g/mol. The normalized spacial score (nSPS) is 11.3. The molecular formula is C21H30N4O. The molecule has 1 amide bonds. The maximum Gasteiger partial charge on any atom is 0.270 e. The molecule has 2 N–H and O–H groups in total. The molecule has 140 valence electrons. The van der Waals surface area contributed by atoms with Crippen LogP contribution in [0.1, 0.15) is 75.0 Å². The SMILES string of the molecule is CC(C)CNC(=O)c1ccnc(Nc2c(C(C)C)cccc2C(C)C)n1. The van der Waals surface area contributed by atoms with Crippen molar-refractivity contribution in [2.75, 3.05) is 11.9 Å². The molecular weight excluding hydrogens is 324 g/mol. The molecule has 0 saturated heterocycles. The third-order valence-electron chi connectivity index (χ3n) is 4.17. The molecule has 5 heteroatoms. The highest BCUT2D eigenvalue weighted by Crippen LogP contribution is 2.33. The minimum absolute atomic E-state index is 0.176. The average Bonchev–Trinajstić information content (AvgIpc) is 2.59. The molecule has 1 heterocycles. The Morgan fingerprint density at radius 3 is 2.15 bits per heavy atom. The third-order valence-corrected chi connectivity index (χ3v) is 4.17. The van der Waals surface area contributed by atoms with E-state index in [4.69, 9.17) is 0 Å². The van der Waals surface area contributed by atoms with Gasteiger partial charge in [0.05, 0.1) is 0 Å². The monoisotopic (exact) mass is 354 g/mol. The fourth-order valence-electron chi connectivity index (χ4n) is 2.74. The molecule has 0 radical (unpaired) electrons. The van der Waals surface area contributed by atoms with Crippen LogP contribution >= 0.6 is 0 Å². The van der Waals surface area contributed by atoms with Gasteiger partial charge in [-0.25, -0.2) is 9.97 Å². The Morgan fingerprint density at radius 1 is 1.00 bits per heavy atom. The topological polar surface area (TPSA) is 66.9 Å². The van der Waals surface area contributed by atoms with Crippen molar-refractivity contribution in [3.05, 3.63) is 47.3 Å². The molecule has 2 aromatic rings. The summed E-state index contributed by atoms with van der Waals surface area (Å²) in [4.78, 5) is 21.0. The Kier molecular flexibility index (Phi) is 6.72. The predicted octanol–water partition coefficient (Wildman–Crippen LogP) is 4.85. The number of anilines is 2. The summed E-state index contributed by atoms with van der Waals surface area (Å²) in [5.74, 6) is 1.40. The lowest BCUT2D eigenvalue weighted by molar-refractivity contribution is 0.0944. The number of carbonyl (C=O) groups excluding carboxylic acids is 1. The van der Waals surface area contributed by atoms with E-state index in [9.17, 15) is 4.79 Å². The maximum absolute atomic E-state index is 12.3. The van der Waals surface area contributed by atoms with Gasteiger partial charge in [-0.15, -0.1) is 0 Å². The molecule has 0 unspecified atom stereocenters. The van der Waals surface area contributed by atoms with E-state index in [1.54, 1.807) is 12.3 Å². The number of aromatic nitrogens is 2. The van der Waals surface area contributed by atoms with Crippen LogP contribution in [-0.4, -0.2) is 22.4 Å². The fourth-order valence-corrected chi connectivity index (χ4v) is 2.74. The largest absolute Gasteiger partial charge is 0.350 e. The van der Waals surface area contributed by atoms with Crippen molar-refractivity contribution in [1.82, 2.24) is 15.3 Å². The van der Waals surface area contributed by atoms with E-state index >= 15 is 0 Å². The summed E-state index contributed by atoms with van der Waals surface area (Å²) in [7, 11) is 0. The maximum atomic E-state index is 12.3. The molecule has 0 bridgehead atoms. The Labute approximate surface area is 156 Å². The van der Waals surface area contributed by atoms with Gasteiger partial charge in [-0.1, -0.05) is 59.7 Å². The summed E-state index contributed by atoms with van der Waals surface area (Å²) in [5, 5.41) is 6.25. The van der Waals surface area contributed by atoms with Crippen molar-refractivity contribution >= 4 is 17.5 Å². The summed E-state index contributed by atoms with van der Waals surface area (Å²) < 4.78 is 0. The highest BCUT2D eigenvalue weighted by molar-refractivity contribution is 5.92. The van der Waals surface area contributed by atoms with E-state index in [1.807, 2.05) is 0 Å². The molecule has 2 rings (SSSR count). The van der Waals surface area contributed by atoms with Gasteiger partial charge < -0.3 is 10.6 Å². The second-order valence-corrected chi connectivity index (χ2v) is 7.62. The quantitative estimate of drug-likeness (QED) is 0.745. The van der Waals surface area contributed by atoms with E-state index in [-0.39, 0.29) is 5.91 Å². The predicted molar refractivity (Wildman–Crippen MR) is 107 cm³/mol. The van der Waals surface area contributed by atoms with Crippen molar-refractivity contribution in [2.24, 2.45) is 5.92 Å². The first-order valence-corrected chi connectivity index (χ1v) is 9.30. The van der Waals surface area contributed by atoms with Gasteiger partial charge in [-0.3, -0.25) is 4.79 Å². The summed E-state index contributed by atoms with van der Waals surface area (Å²) in [5.41, 5.74) is 3.84. The van der Waals surface area contributed by atoms with Crippen LogP contribution in [0.2, 0.25) is 0 Å². The zero-order chi connectivity index (χ0) is 19.3. The third kappa shape index (κ3) is 5.04. The van der Waals surface area contributed by atoms with Crippen molar-refractivity contribution < 1.29 is 4.79 Å². The van der Waals surface area contributed by atoms with E-state index < -0.39 is 0 Å². The molecule has 1 aromatic carbocycles. The molecule has 0 aliphatic rings. The lowest BCUT2D eigenvalue weighted by atomic mass is 9.93. The summed E-state index contributed by atoms with van der Waals surface area (Å²) in [6.45, 7) is 13.4. The highest BCUT2D eigenvalue weighted by atomic mass is 16.1. The summed E-state index contributed by atoms with van der Waals surface area (Å²) in [6.07, 6.45) is 1.62. The number of para-hydroxylation sites is 1. The van der Waals surface area contributed by atoms with Gasteiger partial charge in [-0.2, -0.15) is 0 Å². The fraction of sp³-hybridized carbons (Fsp3) is 0.476. The molecule has 0 saturated carbocycles. The second kappa shape index (κ2) is 8.79. The van der Waals surface area contributed by atoms with Crippen molar-refractivity contribution in [3.63, 3.8) is 0 Å². The number of hydrogen-bond acceptors (Lipinski definition) is 4. The standard InChI is InChI=1S/C21H30N4O/c1-13(2)12-23-20(26)18-10-11-22-21(24-18)25-19-16(14(3)4)8-7-9-17(19)15(5)6/h7-11,13-15H,12H2,1-6H3,(H,23,26)(H,22,24,25). The van der Waals surface area contributed by atoms with Crippen LogP contribution in [0.4, 0.5) is 11.6 Å². The van der Waals surface area contributed by atoms with Gasteiger partial charge >= 0.3 is 0 Å². The minimum atomic E-state index is -0.176. The van der Waals surface area contributed by atoms with Gasteiger partial charge in [0, 0.05) is 18.4 Å². The Balaban J connectivity index is 2.32. The van der Waals surface area contributed by atoms with Gasteiger partial charge in [0.25, 0.3) is 5.91 Å². The van der Waals surface area contributed by atoms with Gasteiger partial charge in [0.15, 0.2) is 0 Å². The first kappa shape index (κ1) is 19.9. The molecule has 0 spiro atoms. The lowest BCUT2D eigenvalue weighted by Gasteiger charge is -2.20. The Hall–Kier alpha value is -2.43. The van der Waals surface area contributed by atoms with Crippen LogP contribution in [0.3, 0.4) is 0 Å². The molecule has 0 atom stereocenters. The van der Waals surface area contributed by atoms with Gasteiger partial charge in [0.1, 0.15) is 5.69 Å². The van der Waals surface area contributed by atoms with E-state index in [1.165, 1.54) is 11.1 Å². The number of rotatable bonds is 7. The number of nitrogens with one attached hydrogen (secondary N) is 2. The Bertz CT molecular complexity index is 727. The molecule has 0 fully saturated rings. The van der Waals surface area contributed by atoms with Crippen molar-refractivity contribution in [3.8, 4) is 0 Å². The summed E-state index contributed by atoms with van der Waals surface area (Å²) >= 11 is 0. The zero-order valence-corrected chi connectivity index (χ0v) is 16.6. The van der Waals surface area contributed by atoms with Crippen molar-refractivity contribution in [1.29, 1.82) is 0 Å². The molecule has 26 heavy (non-hydrogen) atoms. The lowest BCUT2D eigenvalue weighted by Crippen LogP contribution is -2.28. The number of amides is 1. The number of carbonyl (C=O) groups is 1. The second-order valence-electron chi connectivity index (χ2n) is 7.62. The van der Waals surface area contributed by atoms with Gasteiger partial charge in [-0.05, 0) is 34.9 Å². The smallest absolute Gasteiger partial charge is 0.270 e. The van der Waals surface area contributed by atoms with E-state index in [0.29, 0.717) is 35.9 Å². The van der Waals surface area contributed by atoms with Crippen LogP contribution in [0, 0.1) is 5.92 Å². The molecule has 0 aliphatic heterocycles. The zero-order valence-electron chi connectivity index (χ0n) is 16.6. The van der Waals surface area contributed by atoms with Crippen molar-refractivity contribution in [2.45, 2.75) is 53.4 Å². The Morgan fingerprint density at radius 2 is 1.62 bits per heavy atom. The molecule has 5 nitrogen and oxygen atoms in total. The van der Waals surface area contributed by atoms with Crippen LogP contribution in [-0.2, 0) is 0 Å². The molecule has 1 aromatic heterocycles. The van der Waals surface area contributed by atoms with Crippen LogP contribution in [0.5, 0.6) is 0 Å². The molecule has 0 aliphatic carbocycles. The van der Waals surface area contributed by atoms with E-state index in [0.717, 1.165) is 5.69 Å². The van der Waals surface area contributed by atoms with Crippen LogP contribution in [0.25, 0.3) is 0 Å². The number of hydrogen-bond donors (Lipinski definition) is 2. The first-order valence-electron chi connectivity index (χ1n) is 9.30. The van der Waals surface area contributed by atoms with Crippen LogP contribution < -0.4 is 10.6 Å². The highest BCUT2D eigenvalue weighted by Gasteiger charge is 2.16. The number of benzene rings is 1. The first-order chi connectivity index (χ1) is 12.3.